The van der Waals surface area contributed by atoms with Crippen molar-refractivity contribution < 1.29 is 9.47 Å². The first-order valence-corrected chi connectivity index (χ1v) is 12.8. The van der Waals surface area contributed by atoms with Gasteiger partial charge in [-0.1, -0.05) is 36.5 Å². The molecule has 3 heterocycles. The Morgan fingerprint density at radius 1 is 1.00 bits per heavy atom. The minimum Gasteiger partial charge on any atom is -0.493 e. The summed E-state index contributed by atoms with van der Waals surface area (Å²) in [5.41, 5.74) is 2.23. The number of ether oxygens (including phenoxy) is 2. The number of tetrazole rings is 1. The molecule has 1 atom stereocenters. The van der Waals surface area contributed by atoms with Crippen LogP contribution in [0.2, 0.25) is 0 Å². The fraction of sp³-hybridized carbons (Fsp3) is 0.440. The van der Waals surface area contributed by atoms with Crippen LogP contribution in [-0.2, 0) is 13.0 Å². The van der Waals surface area contributed by atoms with Crippen LogP contribution in [0.5, 0.6) is 11.5 Å². The number of hydrogen-bond acceptors (Lipinski definition) is 9. The number of aryl methyl sites for hydroxylation is 2. The lowest BCUT2D eigenvalue weighted by molar-refractivity contribution is 0.169. The van der Waals surface area contributed by atoms with Gasteiger partial charge in [-0.2, -0.15) is 0 Å². The number of aromatic nitrogens is 5. The molecule has 2 aromatic heterocycles. The lowest BCUT2D eigenvalue weighted by Crippen LogP contribution is -2.48. The van der Waals surface area contributed by atoms with Gasteiger partial charge in [-0.25, -0.2) is 9.67 Å². The topological polar surface area (TPSA) is 81.4 Å². The van der Waals surface area contributed by atoms with Crippen molar-refractivity contribution in [2.45, 2.75) is 32.4 Å². The van der Waals surface area contributed by atoms with Crippen LogP contribution in [0.4, 0.5) is 5.13 Å². The quantitative estimate of drug-likeness (QED) is 0.348. The fourth-order valence-corrected chi connectivity index (χ4v) is 5.72. The van der Waals surface area contributed by atoms with Gasteiger partial charge in [0.25, 0.3) is 0 Å². The van der Waals surface area contributed by atoms with Crippen LogP contribution in [0.1, 0.15) is 30.8 Å². The number of thiazole rings is 1. The van der Waals surface area contributed by atoms with E-state index in [0.717, 1.165) is 72.6 Å². The highest BCUT2D eigenvalue weighted by Gasteiger charge is 2.28. The van der Waals surface area contributed by atoms with Crippen molar-refractivity contribution in [3.8, 4) is 11.5 Å². The minimum atomic E-state index is 0.188. The van der Waals surface area contributed by atoms with Crippen LogP contribution in [0.25, 0.3) is 10.2 Å². The van der Waals surface area contributed by atoms with Gasteiger partial charge in [0.15, 0.2) is 22.5 Å². The van der Waals surface area contributed by atoms with Gasteiger partial charge >= 0.3 is 0 Å². The first-order chi connectivity index (χ1) is 17.2. The average Bonchev–Trinajstić information content (AvgIpc) is 3.55. The summed E-state index contributed by atoms with van der Waals surface area (Å²) >= 11 is 1.77. The number of anilines is 1. The molecule has 1 aliphatic rings. The van der Waals surface area contributed by atoms with Crippen molar-refractivity contribution in [2.75, 3.05) is 45.3 Å². The Bertz CT molecular complexity index is 1230. The maximum absolute atomic E-state index is 5.44. The molecule has 0 radical (unpaired) electrons. The summed E-state index contributed by atoms with van der Waals surface area (Å²) in [6.07, 6.45) is 1.76. The molecule has 0 amide bonds. The summed E-state index contributed by atoms with van der Waals surface area (Å²) in [4.78, 5) is 9.74. The van der Waals surface area contributed by atoms with Gasteiger partial charge < -0.3 is 14.4 Å². The van der Waals surface area contributed by atoms with E-state index in [1.54, 1.807) is 25.6 Å². The van der Waals surface area contributed by atoms with Gasteiger partial charge in [0.1, 0.15) is 0 Å². The number of fused-ring (bicyclic) bond motifs is 1. The zero-order valence-corrected chi connectivity index (χ0v) is 21.2. The van der Waals surface area contributed by atoms with Crippen LogP contribution in [0.15, 0.2) is 42.5 Å². The van der Waals surface area contributed by atoms with Crippen molar-refractivity contribution in [1.82, 2.24) is 30.1 Å². The van der Waals surface area contributed by atoms with E-state index < -0.39 is 0 Å². The van der Waals surface area contributed by atoms with E-state index in [1.807, 2.05) is 22.9 Å². The predicted octanol–water partition coefficient (Wildman–Crippen LogP) is 3.82. The first-order valence-electron chi connectivity index (χ1n) is 12.0. The number of rotatable bonds is 9. The van der Waals surface area contributed by atoms with Crippen molar-refractivity contribution in [3.63, 3.8) is 0 Å². The number of methoxy groups -OCH3 is 2. The van der Waals surface area contributed by atoms with Crippen molar-refractivity contribution in [2.24, 2.45) is 0 Å². The molecule has 9 nitrogen and oxygen atoms in total. The Morgan fingerprint density at radius 2 is 1.80 bits per heavy atom. The fourth-order valence-electron chi connectivity index (χ4n) is 4.70. The number of hydrogen-bond donors (Lipinski definition) is 0. The SMILES string of the molecule is CC[C@@H](c1nnnn1CCc1ccc(OC)c(OC)c1)N1CCN(c2nc3ccccc3s2)CC1. The molecule has 1 fully saturated rings. The third-order valence-electron chi connectivity index (χ3n) is 6.61. The summed E-state index contributed by atoms with van der Waals surface area (Å²) in [7, 11) is 3.30. The molecule has 4 aromatic rings. The summed E-state index contributed by atoms with van der Waals surface area (Å²) in [5.74, 6) is 2.40. The second-order valence-corrected chi connectivity index (χ2v) is 9.62. The molecule has 2 aromatic carbocycles. The molecule has 184 valence electrons. The lowest BCUT2D eigenvalue weighted by Gasteiger charge is -2.38. The van der Waals surface area contributed by atoms with Crippen molar-refractivity contribution >= 4 is 26.7 Å². The highest BCUT2D eigenvalue weighted by Crippen LogP contribution is 2.31. The summed E-state index contributed by atoms with van der Waals surface area (Å²) < 4.78 is 14.0. The third-order valence-corrected chi connectivity index (χ3v) is 7.71. The molecule has 0 aliphatic carbocycles. The smallest absolute Gasteiger partial charge is 0.186 e. The summed E-state index contributed by atoms with van der Waals surface area (Å²) in [6, 6.07) is 14.5. The van der Waals surface area contributed by atoms with Crippen molar-refractivity contribution in [1.29, 1.82) is 0 Å². The molecule has 0 bridgehead atoms. The molecular weight excluding hydrogens is 462 g/mol. The summed E-state index contributed by atoms with van der Waals surface area (Å²) in [5, 5.41) is 13.9. The third kappa shape index (κ3) is 4.94. The minimum absolute atomic E-state index is 0.188. The lowest BCUT2D eigenvalue weighted by atomic mass is 10.1. The van der Waals surface area contributed by atoms with E-state index in [4.69, 9.17) is 14.5 Å². The molecule has 1 saturated heterocycles. The number of para-hydroxylation sites is 1. The Labute approximate surface area is 209 Å². The molecule has 0 unspecified atom stereocenters. The van der Waals surface area contributed by atoms with Gasteiger partial charge in [0.2, 0.25) is 0 Å². The van der Waals surface area contributed by atoms with Gasteiger partial charge in [0.05, 0.1) is 30.5 Å². The van der Waals surface area contributed by atoms with Crippen LogP contribution >= 0.6 is 11.3 Å². The van der Waals surface area contributed by atoms with Gasteiger partial charge in [-0.05, 0) is 53.1 Å². The summed E-state index contributed by atoms with van der Waals surface area (Å²) in [6.45, 7) is 6.72. The molecule has 35 heavy (non-hydrogen) atoms. The number of nitrogens with zero attached hydrogens (tertiary/aromatic N) is 7. The molecule has 0 saturated carbocycles. The van der Waals surface area contributed by atoms with Crippen LogP contribution in [0, 0.1) is 0 Å². The maximum atomic E-state index is 5.44. The molecule has 0 N–H and O–H groups in total. The van der Waals surface area contributed by atoms with Crippen LogP contribution in [-0.4, -0.2) is 70.5 Å². The monoisotopic (exact) mass is 493 g/mol. The Kier molecular flexibility index (Phi) is 7.10. The van der Waals surface area contributed by atoms with Crippen LogP contribution in [0.3, 0.4) is 0 Å². The highest BCUT2D eigenvalue weighted by atomic mass is 32.1. The van der Waals surface area contributed by atoms with Gasteiger partial charge in [-0.3, -0.25) is 4.90 Å². The molecule has 1 aliphatic heterocycles. The zero-order valence-electron chi connectivity index (χ0n) is 20.4. The van der Waals surface area contributed by atoms with Gasteiger partial charge in [0, 0.05) is 32.7 Å². The molecule has 5 rings (SSSR count). The van der Waals surface area contributed by atoms with E-state index in [1.165, 1.54) is 4.70 Å². The van der Waals surface area contributed by atoms with Gasteiger partial charge in [-0.15, -0.1) is 5.10 Å². The molecule has 10 heteroatoms. The van der Waals surface area contributed by atoms with E-state index in [0.29, 0.717) is 6.54 Å². The predicted molar refractivity (Wildman–Crippen MR) is 138 cm³/mol. The zero-order chi connectivity index (χ0) is 24.2. The van der Waals surface area contributed by atoms with Crippen molar-refractivity contribution in [3.05, 3.63) is 53.9 Å². The highest BCUT2D eigenvalue weighted by molar-refractivity contribution is 7.22. The van der Waals surface area contributed by atoms with Crippen LogP contribution < -0.4 is 14.4 Å². The van der Waals surface area contributed by atoms with E-state index in [9.17, 15) is 0 Å². The van der Waals surface area contributed by atoms with E-state index in [2.05, 4.69) is 56.5 Å². The second-order valence-electron chi connectivity index (χ2n) is 8.61. The maximum Gasteiger partial charge on any atom is 0.186 e. The Morgan fingerprint density at radius 3 is 2.54 bits per heavy atom. The molecular formula is C25H31N7O2S. The average molecular weight is 494 g/mol. The van der Waals surface area contributed by atoms with E-state index in [-0.39, 0.29) is 6.04 Å². The largest absolute Gasteiger partial charge is 0.493 e. The number of benzene rings is 2. The standard InChI is InChI=1S/C25H31N7O2S/c1-4-20(30-13-15-31(16-14-30)25-26-19-7-5-6-8-23(19)35-25)24-27-28-29-32(24)12-11-18-9-10-21(33-2)22(17-18)34-3/h5-10,17,20H,4,11-16H2,1-3H3/t20-/m0/s1. The second kappa shape index (κ2) is 10.6. The Balaban J connectivity index is 1.24. The Hall–Kier alpha value is -3.24. The first kappa shape index (κ1) is 23.5. The molecule has 0 spiro atoms. The normalized spacial score (nSPS) is 15.5. The van der Waals surface area contributed by atoms with E-state index >= 15 is 0 Å². The number of piperazine rings is 1.